The molecule has 0 atom stereocenters. The molecular weight excluding hydrogens is 285 g/mol. The van der Waals surface area contributed by atoms with Crippen LogP contribution < -0.4 is 10.5 Å². The van der Waals surface area contributed by atoms with E-state index in [0.29, 0.717) is 21.4 Å². The Morgan fingerprint density at radius 2 is 1.95 bits per heavy atom. The van der Waals surface area contributed by atoms with Gasteiger partial charge in [0.1, 0.15) is 12.4 Å². The van der Waals surface area contributed by atoms with Gasteiger partial charge >= 0.3 is 0 Å². The molecule has 0 saturated carbocycles. The third kappa shape index (κ3) is 3.63. The first kappa shape index (κ1) is 13.7. The molecular formula is C14H11Cl2NO2. The summed E-state index contributed by atoms with van der Waals surface area (Å²) in [6.07, 6.45) is 0. The number of nitrogens with two attached hydrogens (primary N) is 1. The molecule has 2 rings (SSSR count). The lowest BCUT2D eigenvalue weighted by molar-refractivity contribution is 0.1000. The van der Waals surface area contributed by atoms with Crippen molar-refractivity contribution in [2.75, 3.05) is 0 Å². The monoisotopic (exact) mass is 295 g/mol. The Morgan fingerprint density at radius 3 is 2.58 bits per heavy atom. The minimum Gasteiger partial charge on any atom is -0.489 e. The number of rotatable bonds is 4. The number of primary amides is 1. The van der Waals surface area contributed by atoms with E-state index in [1.54, 1.807) is 36.4 Å². The standard InChI is InChI=1S/C14H11Cl2NO2/c15-11-2-1-3-12(7-11)19-8-10-5-4-9(14(17)18)6-13(10)16/h1-7H,8H2,(H2,17,18). The molecule has 0 bridgehead atoms. The molecule has 19 heavy (non-hydrogen) atoms. The fourth-order valence-corrected chi connectivity index (χ4v) is 1.95. The molecule has 0 spiro atoms. The summed E-state index contributed by atoms with van der Waals surface area (Å²) < 4.78 is 5.57. The molecule has 0 aliphatic heterocycles. The fourth-order valence-electron chi connectivity index (χ4n) is 1.54. The van der Waals surface area contributed by atoms with Gasteiger partial charge in [-0.2, -0.15) is 0 Å². The average molecular weight is 296 g/mol. The molecule has 2 N–H and O–H groups in total. The van der Waals surface area contributed by atoms with Crippen molar-refractivity contribution in [1.29, 1.82) is 0 Å². The van der Waals surface area contributed by atoms with Gasteiger partial charge < -0.3 is 10.5 Å². The predicted molar refractivity (Wildman–Crippen MR) is 75.8 cm³/mol. The number of ether oxygens (including phenoxy) is 1. The predicted octanol–water partition coefficient (Wildman–Crippen LogP) is 3.67. The molecule has 0 unspecified atom stereocenters. The molecule has 1 amide bonds. The first-order chi connectivity index (χ1) is 9.06. The fraction of sp³-hybridized carbons (Fsp3) is 0.0714. The lowest BCUT2D eigenvalue weighted by Crippen LogP contribution is -2.11. The van der Waals surface area contributed by atoms with Gasteiger partial charge in [0, 0.05) is 21.2 Å². The molecule has 2 aromatic rings. The second kappa shape index (κ2) is 5.95. The highest BCUT2D eigenvalue weighted by molar-refractivity contribution is 6.31. The van der Waals surface area contributed by atoms with E-state index in [4.69, 9.17) is 33.7 Å². The third-order valence-electron chi connectivity index (χ3n) is 2.53. The van der Waals surface area contributed by atoms with Gasteiger partial charge in [-0.1, -0.05) is 35.3 Å². The lowest BCUT2D eigenvalue weighted by Gasteiger charge is -2.08. The van der Waals surface area contributed by atoms with E-state index in [2.05, 4.69) is 0 Å². The van der Waals surface area contributed by atoms with Crippen LogP contribution in [0.3, 0.4) is 0 Å². The number of benzene rings is 2. The zero-order valence-corrected chi connectivity index (χ0v) is 11.4. The first-order valence-corrected chi connectivity index (χ1v) is 6.28. The highest BCUT2D eigenvalue weighted by Gasteiger charge is 2.06. The number of hydrogen-bond donors (Lipinski definition) is 1. The molecule has 0 aliphatic carbocycles. The molecule has 2 aromatic carbocycles. The third-order valence-corrected chi connectivity index (χ3v) is 3.11. The van der Waals surface area contributed by atoms with E-state index in [0.717, 1.165) is 5.56 Å². The van der Waals surface area contributed by atoms with Crippen LogP contribution in [0.2, 0.25) is 10.0 Å². The van der Waals surface area contributed by atoms with Crippen molar-refractivity contribution in [3.05, 3.63) is 63.6 Å². The number of carbonyl (C=O) groups is 1. The van der Waals surface area contributed by atoms with E-state index in [-0.39, 0.29) is 6.61 Å². The van der Waals surface area contributed by atoms with Gasteiger partial charge in [-0.05, 0) is 30.3 Å². The van der Waals surface area contributed by atoms with E-state index in [1.165, 1.54) is 6.07 Å². The maximum atomic E-state index is 11.0. The maximum absolute atomic E-state index is 11.0. The smallest absolute Gasteiger partial charge is 0.248 e. The molecule has 0 heterocycles. The molecule has 5 heteroatoms. The van der Waals surface area contributed by atoms with Crippen LogP contribution in [-0.4, -0.2) is 5.91 Å². The summed E-state index contributed by atoms with van der Waals surface area (Å²) in [6.45, 7) is 0.290. The molecule has 0 aromatic heterocycles. The van der Waals surface area contributed by atoms with Crippen molar-refractivity contribution in [1.82, 2.24) is 0 Å². The van der Waals surface area contributed by atoms with Gasteiger partial charge in [-0.3, -0.25) is 4.79 Å². The van der Waals surface area contributed by atoms with Crippen LogP contribution in [0.1, 0.15) is 15.9 Å². The maximum Gasteiger partial charge on any atom is 0.248 e. The Morgan fingerprint density at radius 1 is 1.16 bits per heavy atom. The van der Waals surface area contributed by atoms with Crippen molar-refractivity contribution in [2.24, 2.45) is 5.73 Å². The van der Waals surface area contributed by atoms with Crippen LogP contribution in [0.25, 0.3) is 0 Å². The van der Waals surface area contributed by atoms with Gasteiger partial charge in [0.25, 0.3) is 0 Å². The Bertz CT molecular complexity index is 614. The summed E-state index contributed by atoms with van der Waals surface area (Å²) in [7, 11) is 0. The summed E-state index contributed by atoms with van der Waals surface area (Å²) in [5, 5.41) is 1.05. The quantitative estimate of drug-likeness (QED) is 0.935. The summed E-state index contributed by atoms with van der Waals surface area (Å²) in [6, 6.07) is 11.9. The molecule has 98 valence electrons. The number of amides is 1. The van der Waals surface area contributed by atoms with Crippen molar-refractivity contribution in [2.45, 2.75) is 6.61 Å². The molecule has 0 fully saturated rings. The van der Waals surface area contributed by atoms with Crippen LogP contribution >= 0.6 is 23.2 Å². The Balaban J connectivity index is 2.10. The summed E-state index contributed by atoms with van der Waals surface area (Å²) in [4.78, 5) is 11.0. The topological polar surface area (TPSA) is 52.3 Å². The molecule has 0 radical (unpaired) electrons. The zero-order chi connectivity index (χ0) is 13.8. The van der Waals surface area contributed by atoms with Gasteiger partial charge in [0.2, 0.25) is 5.91 Å². The van der Waals surface area contributed by atoms with Crippen LogP contribution in [0.5, 0.6) is 5.75 Å². The molecule has 0 aliphatic rings. The van der Waals surface area contributed by atoms with Crippen molar-refractivity contribution in [3.8, 4) is 5.75 Å². The highest BCUT2D eigenvalue weighted by Crippen LogP contribution is 2.22. The van der Waals surface area contributed by atoms with Crippen LogP contribution in [0.4, 0.5) is 0 Å². The second-order valence-corrected chi connectivity index (χ2v) is 4.76. The Hall–Kier alpha value is -1.71. The second-order valence-electron chi connectivity index (χ2n) is 3.92. The van der Waals surface area contributed by atoms with Gasteiger partial charge in [0.05, 0.1) is 0 Å². The van der Waals surface area contributed by atoms with Gasteiger partial charge in [0.15, 0.2) is 0 Å². The average Bonchev–Trinajstić information content (AvgIpc) is 2.37. The van der Waals surface area contributed by atoms with Gasteiger partial charge in [-0.15, -0.1) is 0 Å². The van der Waals surface area contributed by atoms with Crippen LogP contribution in [0.15, 0.2) is 42.5 Å². The largest absolute Gasteiger partial charge is 0.489 e. The molecule has 0 saturated heterocycles. The zero-order valence-electron chi connectivity index (χ0n) is 9.90. The van der Waals surface area contributed by atoms with E-state index >= 15 is 0 Å². The van der Waals surface area contributed by atoms with Crippen molar-refractivity contribution < 1.29 is 9.53 Å². The highest BCUT2D eigenvalue weighted by atomic mass is 35.5. The Kier molecular flexibility index (Phi) is 4.30. The van der Waals surface area contributed by atoms with Crippen molar-refractivity contribution in [3.63, 3.8) is 0 Å². The van der Waals surface area contributed by atoms with E-state index in [9.17, 15) is 4.79 Å². The molecule has 3 nitrogen and oxygen atoms in total. The summed E-state index contributed by atoms with van der Waals surface area (Å²) >= 11 is 11.9. The number of carbonyl (C=O) groups excluding carboxylic acids is 1. The van der Waals surface area contributed by atoms with Gasteiger partial charge in [-0.25, -0.2) is 0 Å². The van der Waals surface area contributed by atoms with Crippen LogP contribution in [0, 0.1) is 0 Å². The first-order valence-electron chi connectivity index (χ1n) is 5.53. The summed E-state index contributed by atoms with van der Waals surface area (Å²) in [5.41, 5.74) is 6.31. The van der Waals surface area contributed by atoms with E-state index < -0.39 is 5.91 Å². The SMILES string of the molecule is NC(=O)c1ccc(COc2cccc(Cl)c2)c(Cl)c1. The Labute approximate surface area is 120 Å². The summed E-state index contributed by atoms with van der Waals surface area (Å²) in [5.74, 6) is 0.145. The number of halogens is 2. The minimum atomic E-state index is -0.510. The van der Waals surface area contributed by atoms with Crippen LogP contribution in [-0.2, 0) is 6.61 Å². The van der Waals surface area contributed by atoms with E-state index in [1.807, 2.05) is 0 Å². The van der Waals surface area contributed by atoms with Crippen molar-refractivity contribution >= 4 is 29.1 Å². The number of hydrogen-bond acceptors (Lipinski definition) is 2. The normalized spacial score (nSPS) is 10.2. The minimum absolute atomic E-state index is 0.290. The lowest BCUT2D eigenvalue weighted by atomic mass is 10.1.